The fourth-order valence-electron chi connectivity index (χ4n) is 1.93. The predicted octanol–water partition coefficient (Wildman–Crippen LogP) is 1.98. The maximum Gasteiger partial charge on any atom is 0.182 e. The van der Waals surface area contributed by atoms with Gasteiger partial charge in [-0.1, -0.05) is 13.8 Å². The van der Waals surface area contributed by atoms with Crippen LogP contribution in [0.4, 0.5) is 0 Å². The van der Waals surface area contributed by atoms with Crippen LogP contribution in [0.15, 0.2) is 16.9 Å². The maximum absolute atomic E-state index is 11.3. The molecule has 0 aromatic carbocycles. The molecule has 0 radical (unpaired) electrons. The van der Waals surface area contributed by atoms with E-state index in [0.717, 1.165) is 30.8 Å². The maximum atomic E-state index is 11.3. The first kappa shape index (κ1) is 13.0. The minimum Gasteiger partial charge on any atom is -0.347 e. The summed E-state index contributed by atoms with van der Waals surface area (Å²) in [5, 5.41) is 0. The van der Waals surface area contributed by atoms with Gasteiger partial charge >= 0.3 is 0 Å². The van der Waals surface area contributed by atoms with Crippen molar-refractivity contribution < 1.29 is 0 Å². The van der Waals surface area contributed by atoms with Gasteiger partial charge in [0, 0.05) is 35.6 Å². The first-order chi connectivity index (χ1) is 7.41. The second-order valence-electron chi connectivity index (χ2n) is 4.63. The molecule has 16 heavy (non-hydrogen) atoms. The SMILES string of the molecule is CCC(N)(CC)Cn1c(C)cc(=O)cc1C. The van der Waals surface area contributed by atoms with Gasteiger partial charge in [0.2, 0.25) is 0 Å². The highest BCUT2D eigenvalue weighted by atomic mass is 16.1. The smallest absolute Gasteiger partial charge is 0.182 e. The molecule has 1 aromatic heterocycles. The van der Waals surface area contributed by atoms with E-state index in [4.69, 9.17) is 5.73 Å². The van der Waals surface area contributed by atoms with Crippen molar-refractivity contribution in [2.24, 2.45) is 5.73 Å². The van der Waals surface area contributed by atoms with Crippen LogP contribution in [-0.4, -0.2) is 10.1 Å². The van der Waals surface area contributed by atoms with E-state index in [1.165, 1.54) is 0 Å². The van der Waals surface area contributed by atoms with E-state index in [2.05, 4.69) is 18.4 Å². The molecule has 0 unspecified atom stereocenters. The fourth-order valence-corrected chi connectivity index (χ4v) is 1.93. The van der Waals surface area contributed by atoms with Crippen LogP contribution in [-0.2, 0) is 6.54 Å². The minimum absolute atomic E-state index is 0.0712. The van der Waals surface area contributed by atoms with Crippen molar-refractivity contribution >= 4 is 0 Å². The summed E-state index contributed by atoms with van der Waals surface area (Å²) in [5.74, 6) is 0. The number of rotatable bonds is 4. The van der Waals surface area contributed by atoms with Gasteiger partial charge in [-0.15, -0.1) is 0 Å². The quantitative estimate of drug-likeness (QED) is 0.846. The third-order valence-electron chi connectivity index (χ3n) is 3.44. The molecular formula is C13H22N2O. The van der Waals surface area contributed by atoms with Gasteiger partial charge in [0.1, 0.15) is 0 Å². The Kier molecular flexibility index (Phi) is 3.92. The molecule has 0 aliphatic heterocycles. The molecule has 0 aliphatic rings. The number of aromatic nitrogens is 1. The summed E-state index contributed by atoms with van der Waals surface area (Å²) in [4.78, 5) is 11.3. The van der Waals surface area contributed by atoms with Crippen LogP contribution in [0.5, 0.6) is 0 Å². The number of hydrogen-bond acceptors (Lipinski definition) is 2. The molecule has 3 nitrogen and oxygen atoms in total. The average Bonchev–Trinajstić information content (AvgIpc) is 2.23. The van der Waals surface area contributed by atoms with Crippen molar-refractivity contribution in [1.82, 2.24) is 4.57 Å². The molecule has 1 rings (SSSR count). The summed E-state index contributed by atoms with van der Waals surface area (Å²) in [6.45, 7) is 8.91. The normalized spacial score (nSPS) is 11.8. The van der Waals surface area contributed by atoms with Gasteiger partial charge in [-0.2, -0.15) is 0 Å². The molecule has 2 N–H and O–H groups in total. The molecule has 0 aliphatic carbocycles. The summed E-state index contributed by atoms with van der Waals surface area (Å²) in [5.41, 5.74) is 8.18. The molecule has 3 heteroatoms. The Balaban J connectivity index is 3.11. The largest absolute Gasteiger partial charge is 0.347 e. The van der Waals surface area contributed by atoms with Crippen molar-refractivity contribution in [3.8, 4) is 0 Å². The monoisotopic (exact) mass is 222 g/mol. The molecule has 0 bridgehead atoms. The molecular weight excluding hydrogens is 200 g/mol. The van der Waals surface area contributed by atoms with Gasteiger partial charge in [-0.3, -0.25) is 4.79 Å². The molecule has 0 fully saturated rings. The minimum atomic E-state index is -0.176. The number of nitrogens with two attached hydrogens (primary N) is 1. The summed E-state index contributed by atoms with van der Waals surface area (Å²) in [6.07, 6.45) is 1.88. The van der Waals surface area contributed by atoms with Crippen molar-refractivity contribution in [3.63, 3.8) is 0 Å². The Labute approximate surface area is 97.3 Å². The molecule has 0 atom stereocenters. The van der Waals surface area contributed by atoms with Gasteiger partial charge < -0.3 is 10.3 Å². The van der Waals surface area contributed by atoms with Crippen molar-refractivity contribution in [2.45, 2.75) is 52.6 Å². The van der Waals surface area contributed by atoms with E-state index < -0.39 is 0 Å². The molecule has 0 saturated carbocycles. The van der Waals surface area contributed by atoms with Crippen molar-refractivity contribution in [3.05, 3.63) is 33.7 Å². The van der Waals surface area contributed by atoms with E-state index in [1.54, 1.807) is 12.1 Å². The highest BCUT2D eigenvalue weighted by Crippen LogP contribution is 2.16. The molecule has 1 heterocycles. The van der Waals surface area contributed by atoms with Crippen LogP contribution >= 0.6 is 0 Å². The second kappa shape index (κ2) is 4.83. The van der Waals surface area contributed by atoms with E-state index in [1.807, 2.05) is 13.8 Å². The van der Waals surface area contributed by atoms with Gasteiger partial charge in [0.15, 0.2) is 5.43 Å². The number of aryl methyl sites for hydroxylation is 2. The predicted molar refractivity (Wildman–Crippen MR) is 67.7 cm³/mol. The van der Waals surface area contributed by atoms with Crippen molar-refractivity contribution in [1.29, 1.82) is 0 Å². The highest BCUT2D eigenvalue weighted by Gasteiger charge is 2.21. The van der Waals surface area contributed by atoms with Crippen LogP contribution in [0.1, 0.15) is 38.1 Å². The van der Waals surface area contributed by atoms with Crippen LogP contribution in [0, 0.1) is 13.8 Å². The van der Waals surface area contributed by atoms with E-state index >= 15 is 0 Å². The van der Waals surface area contributed by atoms with Crippen molar-refractivity contribution in [2.75, 3.05) is 0 Å². The van der Waals surface area contributed by atoms with E-state index in [9.17, 15) is 4.79 Å². The first-order valence-corrected chi connectivity index (χ1v) is 5.89. The summed E-state index contributed by atoms with van der Waals surface area (Å²) < 4.78 is 2.13. The average molecular weight is 222 g/mol. The third kappa shape index (κ3) is 2.73. The number of pyridine rings is 1. The van der Waals surface area contributed by atoms with Gasteiger partial charge in [0.05, 0.1) is 0 Å². The Morgan fingerprint density at radius 3 is 2.00 bits per heavy atom. The summed E-state index contributed by atoms with van der Waals surface area (Å²) >= 11 is 0. The Morgan fingerprint density at radius 2 is 1.62 bits per heavy atom. The van der Waals surface area contributed by atoms with Gasteiger partial charge in [-0.25, -0.2) is 0 Å². The zero-order valence-electron chi connectivity index (χ0n) is 10.7. The molecule has 0 spiro atoms. The van der Waals surface area contributed by atoms with Crippen LogP contribution in [0.2, 0.25) is 0 Å². The van der Waals surface area contributed by atoms with Crippen LogP contribution in [0.3, 0.4) is 0 Å². The molecule has 90 valence electrons. The van der Waals surface area contributed by atoms with Crippen LogP contribution < -0.4 is 11.2 Å². The lowest BCUT2D eigenvalue weighted by molar-refractivity contribution is 0.333. The third-order valence-corrected chi connectivity index (χ3v) is 3.44. The summed E-state index contributed by atoms with van der Waals surface area (Å²) in [7, 11) is 0. The van der Waals surface area contributed by atoms with E-state index in [0.29, 0.717) is 0 Å². The second-order valence-corrected chi connectivity index (χ2v) is 4.63. The Hall–Kier alpha value is -1.09. The summed E-state index contributed by atoms with van der Waals surface area (Å²) in [6, 6.07) is 3.33. The van der Waals surface area contributed by atoms with Crippen LogP contribution in [0.25, 0.3) is 0 Å². The fraction of sp³-hybridized carbons (Fsp3) is 0.615. The van der Waals surface area contributed by atoms with E-state index in [-0.39, 0.29) is 11.0 Å². The lowest BCUT2D eigenvalue weighted by Gasteiger charge is -2.30. The molecule has 0 saturated heterocycles. The van der Waals surface area contributed by atoms with Gasteiger partial charge in [-0.05, 0) is 26.7 Å². The van der Waals surface area contributed by atoms with Gasteiger partial charge in [0.25, 0.3) is 0 Å². The first-order valence-electron chi connectivity index (χ1n) is 5.89. The molecule has 1 aromatic rings. The number of nitrogens with zero attached hydrogens (tertiary/aromatic N) is 1. The highest BCUT2D eigenvalue weighted by molar-refractivity contribution is 5.13. The lowest BCUT2D eigenvalue weighted by atomic mass is 9.94. The molecule has 0 amide bonds. The number of hydrogen-bond donors (Lipinski definition) is 1. The zero-order chi connectivity index (χ0) is 12.3. The standard InChI is InChI=1S/C13H22N2O/c1-5-13(14,6-2)9-15-10(3)7-12(16)8-11(15)4/h7-8H,5-6,9,14H2,1-4H3. The lowest BCUT2D eigenvalue weighted by Crippen LogP contribution is -2.43. The Morgan fingerprint density at radius 1 is 1.19 bits per heavy atom. The Bertz CT molecular complexity index is 390. The zero-order valence-corrected chi connectivity index (χ0v) is 10.7. The topological polar surface area (TPSA) is 48.0 Å².